The molecular weight excluding hydrogens is 278 g/mol. The molecule has 9 nitrogen and oxygen atoms in total. The Bertz CT molecular complexity index is 445. The Morgan fingerprint density at radius 1 is 1.21 bits per heavy atom. The molecule has 0 atom stereocenters. The molecule has 0 aromatic rings. The average Bonchev–Trinajstić information content (AvgIpc) is 2.21. The highest BCUT2D eigenvalue weighted by Crippen LogP contribution is 1.98. The van der Waals surface area contributed by atoms with Gasteiger partial charge in [-0.1, -0.05) is 0 Å². The second kappa shape index (κ2) is 6.92. The van der Waals surface area contributed by atoms with Crippen molar-refractivity contribution in [1.82, 2.24) is 9.80 Å². The molecule has 0 heterocycles. The number of carbonyl (C=O) groups excluding carboxylic acids is 2. The lowest BCUT2D eigenvalue weighted by Gasteiger charge is -2.25. The molecule has 0 aliphatic carbocycles. The molecule has 0 saturated heterocycles. The van der Waals surface area contributed by atoms with Crippen molar-refractivity contribution in [2.45, 2.75) is 0 Å². The lowest BCUT2D eigenvalue weighted by molar-refractivity contribution is -0.138. The van der Waals surface area contributed by atoms with Gasteiger partial charge in [0.25, 0.3) is 0 Å². The number of carbonyl (C=O) groups is 3. The van der Waals surface area contributed by atoms with E-state index in [0.29, 0.717) is 0 Å². The molecule has 3 N–H and O–H groups in total. The van der Waals surface area contributed by atoms with E-state index < -0.39 is 40.8 Å². The summed E-state index contributed by atoms with van der Waals surface area (Å²) in [4.78, 5) is 34.9. The van der Waals surface area contributed by atoms with E-state index in [4.69, 9.17) is 10.8 Å². The summed E-state index contributed by atoms with van der Waals surface area (Å²) in [7, 11) is -1.94. The number of sulfone groups is 1. The van der Waals surface area contributed by atoms with E-state index in [1.807, 2.05) is 0 Å². The number of carboxylic acid groups (broad SMARTS) is 1. The van der Waals surface area contributed by atoms with Gasteiger partial charge in [-0.05, 0) is 0 Å². The lowest BCUT2D eigenvalue weighted by atomic mass is 10.4. The highest BCUT2D eigenvalue weighted by molar-refractivity contribution is 7.90. The highest BCUT2D eigenvalue weighted by atomic mass is 32.2. The summed E-state index contributed by atoms with van der Waals surface area (Å²) in [5, 5.41) is 8.63. The molecule has 0 fully saturated rings. The highest BCUT2D eigenvalue weighted by Gasteiger charge is 2.22. The third-order valence-electron chi connectivity index (χ3n) is 2.07. The first-order valence-electron chi connectivity index (χ1n) is 5.21. The van der Waals surface area contributed by atoms with E-state index in [1.54, 1.807) is 0 Å². The van der Waals surface area contributed by atoms with Crippen LogP contribution in [0.4, 0.5) is 4.79 Å². The van der Waals surface area contributed by atoms with Crippen molar-refractivity contribution in [2.75, 3.05) is 38.7 Å². The molecule has 0 bridgehead atoms. The van der Waals surface area contributed by atoms with Gasteiger partial charge in [-0.2, -0.15) is 0 Å². The van der Waals surface area contributed by atoms with Gasteiger partial charge < -0.3 is 20.6 Å². The summed E-state index contributed by atoms with van der Waals surface area (Å²) in [5.41, 5.74) is 4.91. The fourth-order valence-corrected chi connectivity index (χ4v) is 1.79. The summed E-state index contributed by atoms with van der Waals surface area (Å²) < 4.78 is 21.9. The minimum atomic E-state index is -3.24. The Kier molecular flexibility index (Phi) is 6.25. The quantitative estimate of drug-likeness (QED) is 0.554. The van der Waals surface area contributed by atoms with Crippen molar-refractivity contribution < 1.29 is 27.9 Å². The monoisotopic (exact) mass is 295 g/mol. The van der Waals surface area contributed by atoms with Gasteiger partial charge >= 0.3 is 12.0 Å². The first kappa shape index (κ1) is 17.2. The van der Waals surface area contributed by atoms with E-state index in [1.165, 1.54) is 7.05 Å². The molecule has 0 aromatic heterocycles. The zero-order valence-corrected chi connectivity index (χ0v) is 11.5. The van der Waals surface area contributed by atoms with Crippen LogP contribution in [0, 0.1) is 0 Å². The molecule has 0 aliphatic heterocycles. The van der Waals surface area contributed by atoms with E-state index >= 15 is 0 Å². The number of hydrogen-bond donors (Lipinski definition) is 2. The Balaban J connectivity index is 4.68. The number of carboxylic acids is 1. The largest absolute Gasteiger partial charge is 0.480 e. The topological polar surface area (TPSA) is 138 Å². The molecule has 0 spiro atoms. The van der Waals surface area contributed by atoms with Crippen LogP contribution in [0.2, 0.25) is 0 Å². The number of hydrogen-bond acceptors (Lipinski definition) is 5. The van der Waals surface area contributed by atoms with Crippen LogP contribution in [-0.4, -0.2) is 79.9 Å². The van der Waals surface area contributed by atoms with Crippen LogP contribution in [0.3, 0.4) is 0 Å². The molecule has 0 radical (unpaired) electrons. The number of aliphatic carboxylic acids is 1. The third kappa shape index (κ3) is 7.97. The van der Waals surface area contributed by atoms with Crippen molar-refractivity contribution in [2.24, 2.45) is 5.73 Å². The van der Waals surface area contributed by atoms with Crippen molar-refractivity contribution in [3.8, 4) is 0 Å². The molecule has 3 amide bonds. The lowest BCUT2D eigenvalue weighted by Crippen LogP contribution is -2.48. The third-order valence-corrected chi connectivity index (χ3v) is 2.99. The second-order valence-corrected chi connectivity index (χ2v) is 6.31. The van der Waals surface area contributed by atoms with Gasteiger partial charge in [-0.25, -0.2) is 13.2 Å². The maximum Gasteiger partial charge on any atom is 0.323 e. The normalized spacial score (nSPS) is 10.8. The number of rotatable bonds is 7. The molecule has 0 aliphatic rings. The van der Waals surface area contributed by atoms with E-state index in [-0.39, 0.29) is 12.3 Å². The van der Waals surface area contributed by atoms with Gasteiger partial charge in [-0.15, -0.1) is 0 Å². The van der Waals surface area contributed by atoms with Crippen LogP contribution in [0.15, 0.2) is 0 Å². The van der Waals surface area contributed by atoms with Gasteiger partial charge in [0.2, 0.25) is 5.91 Å². The van der Waals surface area contributed by atoms with Gasteiger partial charge in [0.1, 0.15) is 22.9 Å². The van der Waals surface area contributed by atoms with Gasteiger partial charge in [0.05, 0.1) is 5.75 Å². The van der Waals surface area contributed by atoms with Crippen LogP contribution < -0.4 is 5.73 Å². The first-order valence-corrected chi connectivity index (χ1v) is 7.27. The Morgan fingerprint density at radius 2 is 1.74 bits per heavy atom. The van der Waals surface area contributed by atoms with Crippen LogP contribution in [0.5, 0.6) is 0 Å². The molecule has 110 valence electrons. The van der Waals surface area contributed by atoms with E-state index in [2.05, 4.69) is 0 Å². The zero-order valence-electron chi connectivity index (χ0n) is 10.7. The average molecular weight is 295 g/mol. The predicted octanol–water partition coefficient (Wildman–Crippen LogP) is -2.05. The number of primary amides is 1. The van der Waals surface area contributed by atoms with Crippen LogP contribution >= 0.6 is 0 Å². The molecule has 10 heteroatoms. The molecule has 0 saturated carbocycles. The number of nitrogens with zero attached hydrogens (tertiary/aromatic N) is 2. The molecule has 19 heavy (non-hydrogen) atoms. The zero-order chi connectivity index (χ0) is 15.2. The Morgan fingerprint density at radius 3 is 2.11 bits per heavy atom. The van der Waals surface area contributed by atoms with E-state index in [0.717, 1.165) is 16.1 Å². The maximum absolute atomic E-state index is 11.8. The fraction of sp³-hybridized carbons (Fsp3) is 0.667. The van der Waals surface area contributed by atoms with Gasteiger partial charge in [0.15, 0.2) is 0 Å². The van der Waals surface area contributed by atoms with Crippen molar-refractivity contribution in [1.29, 1.82) is 0 Å². The van der Waals surface area contributed by atoms with Gasteiger partial charge in [0, 0.05) is 19.8 Å². The summed E-state index contributed by atoms with van der Waals surface area (Å²) in [6.45, 7) is -1.34. The summed E-state index contributed by atoms with van der Waals surface area (Å²) in [6, 6.07) is -0.773. The van der Waals surface area contributed by atoms with Crippen molar-refractivity contribution >= 4 is 27.7 Å². The maximum atomic E-state index is 11.8. The van der Waals surface area contributed by atoms with Crippen molar-refractivity contribution in [3.05, 3.63) is 0 Å². The fourth-order valence-electron chi connectivity index (χ4n) is 1.18. The standard InChI is InChI=1S/C9H17N3O6S/c1-11(3-4-19(2,17)18)9(16)12(5-7(10)13)6-8(14)15/h3-6H2,1-2H3,(H2,10,13)(H,14,15). The predicted molar refractivity (Wildman–Crippen MR) is 66.1 cm³/mol. The minimum absolute atomic E-state index is 0.105. The Labute approximate surface area is 110 Å². The summed E-state index contributed by atoms with van der Waals surface area (Å²) in [5.74, 6) is -2.41. The van der Waals surface area contributed by atoms with Crippen LogP contribution in [-0.2, 0) is 19.4 Å². The minimum Gasteiger partial charge on any atom is -0.480 e. The Hall–Kier alpha value is -1.84. The summed E-state index contributed by atoms with van der Waals surface area (Å²) in [6.07, 6.45) is 1.02. The second-order valence-electron chi connectivity index (χ2n) is 4.05. The first-order chi connectivity index (χ1) is 8.53. The number of nitrogens with two attached hydrogens (primary N) is 1. The number of amides is 3. The van der Waals surface area contributed by atoms with Gasteiger partial charge in [-0.3, -0.25) is 9.59 Å². The molecule has 0 aromatic carbocycles. The number of urea groups is 1. The van der Waals surface area contributed by atoms with E-state index in [9.17, 15) is 22.8 Å². The SMILES string of the molecule is CN(CCS(C)(=O)=O)C(=O)N(CC(N)=O)CC(=O)O. The summed E-state index contributed by atoms with van der Waals surface area (Å²) >= 11 is 0. The van der Waals surface area contributed by atoms with Crippen LogP contribution in [0.1, 0.15) is 0 Å². The van der Waals surface area contributed by atoms with Crippen LogP contribution in [0.25, 0.3) is 0 Å². The molecule has 0 rings (SSSR count). The molecular formula is C9H17N3O6S. The molecule has 0 unspecified atom stereocenters. The van der Waals surface area contributed by atoms with Crippen molar-refractivity contribution in [3.63, 3.8) is 0 Å². The smallest absolute Gasteiger partial charge is 0.323 e.